The summed E-state index contributed by atoms with van der Waals surface area (Å²) in [6, 6.07) is 8.64. The van der Waals surface area contributed by atoms with Crippen molar-refractivity contribution in [3.8, 4) is 0 Å². The van der Waals surface area contributed by atoms with Gasteiger partial charge in [-0.25, -0.2) is 4.98 Å². The third-order valence-electron chi connectivity index (χ3n) is 2.90. The average molecular weight is 275 g/mol. The van der Waals surface area contributed by atoms with E-state index < -0.39 is 6.04 Å². The zero-order valence-electron chi connectivity index (χ0n) is 11.0. The summed E-state index contributed by atoms with van der Waals surface area (Å²) >= 11 is 1.48. The van der Waals surface area contributed by atoms with Gasteiger partial charge >= 0.3 is 0 Å². The van der Waals surface area contributed by atoms with Crippen LogP contribution in [0.3, 0.4) is 0 Å². The van der Waals surface area contributed by atoms with Gasteiger partial charge in [0.15, 0.2) is 5.13 Å². The second-order valence-corrected chi connectivity index (χ2v) is 5.46. The van der Waals surface area contributed by atoms with Crippen LogP contribution in [0, 0.1) is 6.92 Å². The first kappa shape index (κ1) is 13.7. The Bertz CT molecular complexity index is 565. The van der Waals surface area contributed by atoms with Crippen molar-refractivity contribution in [2.24, 2.45) is 5.73 Å². The van der Waals surface area contributed by atoms with E-state index in [0.717, 1.165) is 22.6 Å². The average Bonchev–Trinajstić information content (AvgIpc) is 2.78. The van der Waals surface area contributed by atoms with Crippen LogP contribution in [0.25, 0.3) is 0 Å². The van der Waals surface area contributed by atoms with E-state index in [1.807, 2.05) is 44.2 Å². The maximum absolute atomic E-state index is 12.1. The van der Waals surface area contributed by atoms with Gasteiger partial charge < -0.3 is 11.1 Å². The van der Waals surface area contributed by atoms with Crippen LogP contribution in [0.15, 0.2) is 30.3 Å². The fourth-order valence-corrected chi connectivity index (χ4v) is 2.71. The van der Waals surface area contributed by atoms with Gasteiger partial charge in [-0.15, -0.1) is 11.3 Å². The van der Waals surface area contributed by atoms with Crippen LogP contribution >= 0.6 is 11.3 Å². The summed E-state index contributed by atoms with van der Waals surface area (Å²) in [5.74, 6) is -0.234. The molecule has 0 saturated carbocycles. The quantitative estimate of drug-likeness (QED) is 0.901. The highest BCUT2D eigenvalue weighted by Crippen LogP contribution is 2.23. The first-order valence-corrected chi connectivity index (χ1v) is 7.01. The number of rotatable bonds is 4. The van der Waals surface area contributed by atoms with Gasteiger partial charge in [0.1, 0.15) is 6.04 Å². The van der Waals surface area contributed by atoms with Gasteiger partial charge in [-0.2, -0.15) is 0 Å². The summed E-state index contributed by atoms with van der Waals surface area (Å²) in [5, 5.41) is 3.40. The van der Waals surface area contributed by atoms with Crippen molar-refractivity contribution in [2.45, 2.75) is 26.3 Å². The predicted molar refractivity (Wildman–Crippen MR) is 78.2 cm³/mol. The molecule has 0 aliphatic carbocycles. The number of aromatic nitrogens is 1. The molecule has 2 rings (SSSR count). The monoisotopic (exact) mass is 275 g/mol. The highest BCUT2D eigenvalue weighted by Gasteiger charge is 2.17. The molecule has 0 radical (unpaired) electrons. The normalized spacial score (nSPS) is 12.2. The molecule has 0 unspecified atom stereocenters. The SMILES string of the molecule is CCc1nc(NC(=O)[C@H](N)c2ccccc2)sc1C. The van der Waals surface area contributed by atoms with Crippen molar-refractivity contribution in [3.63, 3.8) is 0 Å². The summed E-state index contributed by atoms with van der Waals surface area (Å²) in [4.78, 5) is 17.6. The smallest absolute Gasteiger partial charge is 0.247 e. The molecular weight excluding hydrogens is 258 g/mol. The molecule has 5 heteroatoms. The summed E-state index contributed by atoms with van der Waals surface area (Å²) < 4.78 is 0. The van der Waals surface area contributed by atoms with Crippen LogP contribution in [-0.4, -0.2) is 10.9 Å². The summed E-state index contributed by atoms with van der Waals surface area (Å²) in [6.45, 7) is 4.05. The number of aryl methyl sites for hydroxylation is 2. The Labute approximate surface area is 116 Å². The Balaban J connectivity index is 2.08. The van der Waals surface area contributed by atoms with Crippen molar-refractivity contribution in [3.05, 3.63) is 46.5 Å². The third-order valence-corrected chi connectivity index (χ3v) is 3.83. The number of carbonyl (C=O) groups is 1. The third kappa shape index (κ3) is 3.19. The standard InChI is InChI=1S/C14H17N3OS/c1-3-11-9(2)19-14(16-11)17-13(18)12(15)10-7-5-4-6-8-10/h4-8,12H,3,15H2,1-2H3,(H,16,17,18)/t12-/m1/s1. The van der Waals surface area contributed by atoms with E-state index in [9.17, 15) is 4.79 Å². The predicted octanol–water partition coefficient (Wildman–Crippen LogP) is 2.65. The Morgan fingerprint density at radius 2 is 2.11 bits per heavy atom. The molecule has 3 N–H and O–H groups in total. The van der Waals surface area contributed by atoms with Gasteiger partial charge in [-0.3, -0.25) is 4.79 Å². The number of nitrogens with one attached hydrogen (secondary N) is 1. The van der Waals surface area contributed by atoms with Gasteiger partial charge in [0.2, 0.25) is 5.91 Å². The topological polar surface area (TPSA) is 68.0 Å². The molecule has 4 nitrogen and oxygen atoms in total. The summed E-state index contributed by atoms with van der Waals surface area (Å²) in [5.41, 5.74) is 7.75. The van der Waals surface area contributed by atoms with E-state index in [4.69, 9.17) is 5.73 Å². The van der Waals surface area contributed by atoms with Crippen molar-refractivity contribution in [2.75, 3.05) is 5.32 Å². The lowest BCUT2D eigenvalue weighted by molar-refractivity contribution is -0.117. The molecule has 100 valence electrons. The van der Waals surface area contributed by atoms with Crippen molar-refractivity contribution < 1.29 is 4.79 Å². The molecule has 0 aliphatic heterocycles. The number of anilines is 1. The van der Waals surface area contributed by atoms with Crippen LogP contribution in [0.5, 0.6) is 0 Å². The van der Waals surface area contributed by atoms with Crippen LogP contribution in [-0.2, 0) is 11.2 Å². The van der Waals surface area contributed by atoms with Crippen LogP contribution < -0.4 is 11.1 Å². The lowest BCUT2D eigenvalue weighted by Crippen LogP contribution is -2.27. The molecule has 0 aliphatic rings. The van der Waals surface area contributed by atoms with E-state index in [2.05, 4.69) is 10.3 Å². The number of nitrogens with two attached hydrogens (primary N) is 1. The van der Waals surface area contributed by atoms with Gasteiger partial charge in [0.25, 0.3) is 0 Å². The highest BCUT2D eigenvalue weighted by atomic mass is 32.1. The fraction of sp³-hybridized carbons (Fsp3) is 0.286. The van der Waals surface area contributed by atoms with Crippen molar-refractivity contribution in [1.82, 2.24) is 4.98 Å². The number of benzene rings is 1. The number of nitrogens with zero attached hydrogens (tertiary/aromatic N) is 1. The van der Waals surface area contributed by atoms with E-state index in [1.54, 1.807) is 0 Å². The maximum Gasteiger partial charge on any atom is 0.247 e. The molecule has 0 spiro atoms. The molecule has 1 aromatic carbocycles. The Hall–Kier alpha value is -1.72. The van der Waals surface area contributed by atoms with Crippen molar-refractivity contribution in [1.29, 1.82) is 0 Å². The minimum Gasteiger partial charge on any atom is -0.316 e. The van der Waals surface area contributed by atoms with Crippen LogP contribution in [0.1, 0.15) is 29.1 Å². The number of hydrogen-bond acceptors (Lipinski definition) is 4. The minimum absolute atomic E-state index is 0.234. The number of thiazole rings is 1. The van der Waals surface area contributed by atoms with Crippen LogP contribution in [0.2, 0.25) is 0 Å². The van der Waals surface area contributed by atoms with E-state index in [0.29, 0.717) is 5.13 Å². The largest absolute Gasteiger partial charge is 0.316 e. The van der Waals surface area contributed by atoms with E-state index in [1.165, 1.54) is 11.3 Å². The zero-order valence-corrected chi connectivity index (χ0v) is 11.8. The Kier molecular flexibility index (Phi) is 4.29. The maximum atomic E-state index is 12.1. The second-order valence-electron chi connectivity index (χ2n) is 4.25. The Morgan fingerprint density at radius 3 is 2.68 bits per heavy atom. The molecule has 0 saturated heterocycles. The van der Waals surface area contributed by atoms with Gasteiger partial charge in [-0.05, 0) is 18.9 Å². The first-order valence-electron chi connectivity index (χ1n) is 6.19. The van der Waals surface area contributed by atoms with Crippen LogP contribution in [0.4, 0.5) is 5.13 Å². The molecule has 1 atom stereocenters. The first-order chi connectivity index (χ1) is 9.11. The molecule has 0 fully saturated rings. The molecule has 1 aromatic heterocycles. The summed E-state index contributed by atoms with van der Waals surface area (Å²) in [7, 11) is 0. The number of carbonyl (C=O) groups excluding carboxylic acids is 1. The number of amides is 1. The zero-order chi connectivity index (χ0) is 13.8. The van der Waals surface area contributed by atoms with Gasteiger partial charge in [0.05, 0.1) is 5.69 Å². The molecule has 19 heavy (non-hydrogen) atoms. The van der Waals surface area contributed by atoms with E-state index in [-0.39, 0.29) is 5.91 Å². The highest BCUT2D eigenvalue weighted by molar-refractivity contribution is 7.15. The van der Waals surface area contributed by atoms with Crippen molar-refractivity contribution >= 4 is 22.4 Å². The fourth-order valence-electron chi connectivity index (χ4n) is 1.80. The lowest BCUT2D eigenvalue weighted by atomic mass is 10.1. The van der Waals surface area contributed by atoms with Gasteiger partial charge in [0, 0.05) is 4.88 Å². The molecular formula is C14H17N3OS. The molecule has 0 bridgehead atoms. The second kappa shape index (κ2) is 5.95. The molecule has 1 amide bonds. The van der Waals surface area contributed by atoms with E-state index >= 15 is 0 Å². The number of hydrogen-bond donors (Lipinski definition) is 2. The van der Waals surface area contributed by atoms with Gasteiger partial charge in [-0.1, -0.05) is 37.3 Å². The lowest BCUT2D eigenvalue weighted by Gasteiger charge is -2.10. The molecule has 1 heterocycles. The molecule has 2 aromatic rings. The summed E-state index contributed by atoms with van der Waals surface area (Å²) in [6.07, 6.45) is 0.864. The Morgan fingerprint density at radius 1 is 1.42 bits per heavy atom. The minimum atomic E-state index is -0.671.